The largest absolute Gasteiger partial charge is 0.478 e. The zero-order valence-corrected chi connectivity index (χ0v) is 16.0. The smallest absolute Gasteiger partial charge is 0.328 e. The molecule has 0 aromatic heterocycles. The summed E-state index contributed by atoms with van der Waals surface area (Å²) in [4.78, 5) is 22.0. The molecule has 0 spiro atoms. The van der Waals surface area contributed by atoms with Gasteiger partial charge in [-0.3, -0.25) is 4.79 Å². The first-order valence-corrected chi connectivity index (χ1v) is 8.80. The number of carboxylic acids is 1. The fourth-order valence-electron chi connectivity index (χ4n) is 2.02. The average Bonchev–Trinajstić information content (AvgIpc) is 2.67. The first-order chi connectivity index (χ1) is 12.9. The number of hydrogen-bond acceptors (Lipinski definition) is 3. The Balaban J connectivity index is 0.000000511. The summed E-state index contributed by atoms with van der Waals surface area (Å²) >= 11 is 0. The summed E-state index contributed by atoms with van der Waals surface area (Å²) in [6.45, 7) is 5.72. The lowest BCUT2D eigenvalue weighted by Crippen LogP contribution is -2.07. The van der Waals surface area contributed by atoms with Crippen molar-refractivity contribution in [3.63, 3.8) is 0 Å². The molecule has 0 unspecified atom stereocenters. The molecule has 4 heteroatoms. The van der Waals surface area contributed by atoms with Crippen molar-refractivity contribution in [3.8, 4) is 5.75 Å². The molecule has 0 saturated heterocycles. The maximum atomic E-state index is 11.4. The van der Waals surface area contributed by atoms with Gasteiger partial charge in [-0.05, 0) is 49.6 Å². The van der Waals surface area contributed by atoms with E-state index in [1.807, 2.05) is 62.4 Å². The predicted octanol–water partition coefficient (Wildman–Crippen LogP) is 5.30. The van der Waals surface area contributed by atoms with Crippen LogP contribution in [0.5, 0.6) is 5.75 Å². The lowest BCUT2D eigenvalue weighted by atomic mass is 10.0. The van der Waals surface area contributed by atoms with Crippen LogP contribution in [0.3, 0.4) is 0 Å². The van der Waals surface area contributed by atoms with Crippen molar-refractivity contribution in [2.24, 2.45) is 0 Å². The van der Waals surface area contributed by atoms with E-state index in [0.29, 0.717) is 18.6 Å². The molecule has 4 nitrogen and oxygen atoms in total. The molecule has 0 bridgehead atoms. The van der Waals surface area contributed by atoms with E-state index < -0.39 is 5.97 Å². The molecule has 0 amide bonds. The fraction of sp³-hybridized carbons (Fsp3) is 0.217. The van der Waals surface area contributed by atoms with Gasteiger partial charge in [0.1, 0.15) is 5.75 Å². The number of carboxylic acid groups (broad SMARTS) is 1. The highest BCUT2D eigenvalue weighted by Crippen LogP contribution is 2.23. The first kappa shape index (κ1) is 21.9. The molecule has 0 fully saturated rings. The molecule has 0 radical (unpaired) electrons. The third kappa shape index (κ3) is 9.80. The van der Waals surface area contributed by atoms with E-state index >= 15 is 0 Å². The van der Waals surface area contributed by atoms with Gasteiger partial charge >= 0.3 is 11.9 Å². The van der Waals surface area contributed by atoms with Gasteiger partial charge in [0.15, 0.2) is 0 Å². The van der Waals surface area contributed by atoms with Gasteiger partial charge in [-0.15, -0.1) is 0 Å². The van der Waals surface area contributed by atoms with Crippen LogP contribution >= 0.6 is 0 Å². The number of carbonyl (C=O) groups is 2. The van der Waals surface area contributed by atoms with Crippen molar-refractivity contribution in [2.75, 3.05) is 0 Å². The van der Waals surface area contributed by atoms with Crippen molar-refractivity contribution < 1.29 is 19.4 Å². The number of hydrogen-bond donors (Lipinski definition) is 1. The zero-order valence-electron chi connectivity index (χ0n) is 16.0. The van der Waals surface area contributed by atoms with Gasteiger partial charge in [-0.1, -0.05) is 61.0 Å². The quantitative estimate of drug-likeness (QED) is 0.326. The average molecular weight is 366 g/mol. The zero-order chi connectivity index (χ0) is 20.1. The molecule has 27 heavy (non-hydrogen) atoms. The van der Waals surface area contributed by atoms with E-state index in [9.17, 15) is 9.59 Å². The van der Waals surface area contributed by atoms with E-state index in [1.165, 1.54) is 6.08 Å². The van der Waals surface area contributed by atoms with Gasteiger partial charge in [0.05, 0.1) is 0 Å². The van der Waals surface area contributed by atoms with Crippen LogP contribution in [0.2, 0.25) is 0 Å². The van der Waals surface area contributed by atoms with Crippen molar-refractivity contribution in [1.82, 2.24) is 0 Å². The normalized spacial score (nSPS) is 9.89. The van der Waals surface area contributed by atoms with Crippen molar-refractivity contribution >= 4 is 18.0 Å². The van der Waals surface area contributed by atoms with Gasteiger partial charge in [0.25, 0.3) is 0 Å². The third-order valence-electron chi connectivity index (χ3n) is 3.41. The minimum Gasteiger partial charge on any atom is -0.478 e. The first-order valence-electron chi connectivity index (χ1n) is 8.80. The van der Waals surface area contributed by atoms with E-state index in [0.717, 1.165) is 22.8 Å². The Kier molecular flexibility index (Phi) is 9.94. The summed E-state index contributed by atoms with van der Waals surface area (Å²) in [5.41, 5.74) is 2.77. The van der Waals surface area contributed by atoms with Crippen LogP contribution in [0, 0.1) is 0 Å². The standard InChI is InChI=1S/C17H20O4.C6H6/c1-4-17(20)21-15-9-6-13(7-10-16(18)19)11-14(15)8-5-12(2)3;1-2-4-6-5-3-1/h5-7,9-11H,4,8H2,1-3H3,(H,18,19);1-6H. The lowest BCUT2D eigenvalue weighted by Gasteiger charge is -2.09. The van der Waals surface area contributed by atoms with E-state index in [1.54, 1.807) is 19.1 Å². The van der Waals surface area contributed by atoms with Gasteiger partial charge in [0.2, 0.25) is 0 Å². The number of aliphatic carboxylic acids is 1. The molecule has 0 atom stereocenters. The monoisotopic (exact) mass is 366 g/mol. The van der Waals surface area contributed by atoms with E-state index in [2.05, 4.69) is 0 Å². The van der Waals surface area contributed by atoms with Crippen LogP contribution in [0.1, 0.15) is 38.3 Å². The number of esters is 1. The number of carbonyl (C=O) groups excluding carboxylic acids is 1. The Bertz CT molecular complexity index is 759. The molecule has 0 saturated carbocycles. The summed E-state index contributed by atoms with van der Waals surface area (Å²) in [6, 6.07) is 17.3. The topological polar surface area (TPSA) is 63.6 Å². The molecule has 2 aromatic carbocycles. The highest BCUT2D eigenvalue weighted by molar-refractivity contribution is 5.85. The van der Waals surface area contributed by atoms with Crippen LogP contribution < -0.4 is 4.74 Å². The van der Waals surface area contributed by atoms with Gasteiger partial charge in [-0.2, -0.15) is 0 Å². The van der Waals surface area contributed by atoms with E-state index in [4.69, 9.17) is 9.84 Å². The van der Waals surface area contributed by atoms with Crippen LogP contribution in [0.4, 0.5) is 0 Å². The Hall–Kier alpha value is -3.14. The molecule has 1 N–H and O–H groups in total. The summed E-state index contributed by atoms with van der Waals surface area (Å²) in [5.74, 6) is -0.767. The van der Waals surface area contributed by atoms with E-state index in [-0.39, 0.29) is 5.97 Å². The van der Waals surface area contributed by atoms with Crippen LogP contribution in [-0.4, -0.2) is 17.0 Å². The molecular formula is C23H26O4. The molecule has 0 aliphatic rings. The maximum absolute atomic E-state index is 11.4. The minimum atomic E-state index is -0.998. The van der Waals surface area contributed by atoms with Crippen LogP contribution in [-0.2, 0) is 16.0 Å². The Labute approximate surface area is 160 Å². The molecule has 142 valence electrons. The highest BCUT2D eigenvalue weighted by Gasteiger charge is 2.08. The minimum absolute atomic E-state index is 0.290. The number of ether oxygens (including phenoxy) is 1. The second-order valence-corrected chi connectivity index (χ2v) is 6.01. The Morgan fingerprint density at radius 3 is 2.11 bits per heavy atom. The summed E-state index contributed by atoms with van der Waals surface area (Å²) < 4.78 is 5.30. The molecule has 0 aliphatic heterocycles. The van der Waals surface area contributed by atoms with Gasteiger partial charge in [-0.25, -0.2) is 4.79 Å². The maximum Gasteiger partial charge on any atom is 0.328 e. The van der Waals surface area contributed by atoms with Crippen molar-refractivity contribution in [1.29, 1.82) is 0 Å². The summed E-state index contributed by atoms with van der Waals surface area (Å²) in [5, 5.41) is 8.66. The molecule has 0 heterocycles. The van der Waals surface area contributed by atoms with Gasteiger partial charge < -0.3 is 9.84 Å². The van der Waals surface area contributed by atoms with Crippen molar-refractivity contribution in [2.45, 2.75) is 33.6 Å². The predicted molar refractivity (Wildman–Crippen MR) is 109 cm³/mol. The SMILES string of the molecule is CCC(=O)Oc1ccc(C=CC(=O)O)cc1CC=C(C)C.c1ccccc1. The summed E-state index contributed by atoms with van der Waals surface area (Å²) in [7, 11) is 0. The second kappa shape index (κ2) is 12.3. The second-order valence-electron chi connectivity index (χ2n) is 6.01. The van der Waals surface area contributed by atoms with Crippen LogP contribution in [0.25, 0.3) is 6.08 Å². The molecular weight excluding hydrogens is 340 g/mol. The lowest BCUT2D eigenvalue weighted by molar-refractivity contribution is -0.134. The fourth-order valence-corrected chi connectivity index (χ4v) is 2.02. The Morgan fingerprint density at radius 2 is 1.63 bits per heavy atom. The Morgan fingerprint density at radius 1 is 1.04 bits per heavy atom. The number of allylic oxidation sites excluding steroid dienone is 2. The van der Waals surface area contributed by atoms with Crippen molar-refractivity contribution in [3.05, 3.63) is 83.4 Å². The molecule has 2 aromatic rings. The number of rotatable bonds is 6. The number of benzene rings is 2. The molecule has 0 aliphatic carbocycles. The molecule has 2 rings (SSSR count). The third-order valence-corrected chi connectivity index (χ3v) is 3.41. The van der Waals surface area contributed by atoms with Gasteiger partial charge in [0, 0.05) is 12.5 Å². The highest BCUT2D eigenvalue weighted by atomic mass is 16.5. The summed E-state index contributed by atoms with van der Waals surface area (Å²) in [6.07, 6.45) is 5.56. The van der Waals surface area contributed by atoms with Crippen LogP contribution in [0.15, 0.2) is 72.3 Å².